The van der Waals surface area contributed by atoms with Crippen LogP contribution >= 0.6 is 0 Å². The third-order valence-corrected chi connectivity index (χ3v) is 0.844. The summed E-state index contributed by atoms with van der Waals surface area (Å²) >= 11 is 0. The molecule has 0 aliphatic carbocycles. The Labute approximate surface area is 61.9 Å². The average Bonchev–Trinajstić information content (AvgIpc) is 1.82. The van der Waals surface area contributed by atoms with Crippen molar-refractivity contribution in [1.29, 1.82) is 0 Å². The second-order valence-electron chi connectivity index (χ2n) is 1.73. The summed E-state index contributed by atoms with van der Waals surface area (Å²) < 4.78 is 38.7. The van der Waals surface area contributed by atoms with E-state index in [4.69, 9.17) is 0 Å². The molecule has 0 aromatic carbocycles. The van der Waals surface area contributed by atoms with Crippen molar-refractivity contribution in [2.45, 2.75) is 6.18 Å². The molecule has 0 amide bonds. The van der Waals surface area contributed by atoms with Gasteiger partial charge in [-0.05, 0) is 0 Å². The van der Waals surface area contributed by atoms with Crippen LogP contribution in [0.3, 0.4) is 0 Å². The van der Waals surface area contributed by atoms with Crippen LogP contribution in [0.1, 0.15) is 5.89 Å². The fraction of sp³-hybridized carbons (Fsp3) is 0.250. The monoisotopic (exact) mass is 182 g/mol. The van der Waals surface area contributed by atoms with Gasteiger partial charge in [0.15, 0.2) is 0 Å². The number of nitrogens with one attached hydrogen (secondary N) is 1. The molecule has 0 radical (unpaired) electrons. The van der Waals surface area contributed by atoms with Crippen molar-refractivity contribution in [2.24, 2.45) is 0 Å². The van der Waals surface area contributed by atoms with Gasteiger partial charge < -0.3 is 4.42 Å². The van der Waals surface area contributed by atoms with Crippen molar-refractivity contribution in [2.75, 3.05) is 0 Å². The third kappa shape index (κ3) is 1.71. The van der Waals surface area contributed by atoms with Gasteiger partial charge in [-0.15, -0.1) is 0 Å². The van der Waals surface area contributed by atoms with Crippen LogP contribution in [-0.2, 0) is 6.18 Å². The highest BCUT2D eigenvalue weighted by atomic mass is 19.4. The van der Waals surface area contributed by atoms with Gasteiger partial charge in [-0.2, -0.15) is 18.2 Å². The quantitative estimate of drug-likeness (QED) is 0.599. The molecule has 0 aliphatic heterocycles. The first-order valence-corrected chi connectivity index (χ1v) is 2.58. The lowest BCUT2D eigenvalue weighted by Crippen LogP contribution is -2.26. The van der Waals surface area contributed by atoms with E-state index in [2.05, 4.69) is 9.40 Å². The summed E-state index contributed by atoms with van der Waals surface area (Å²) in [5, 5.41) is 0. The summed E-state index contributed by atoms with van der Waals surface area (Å²) in [4.78, 5) is 24.2. The van der Waals surface area contributed by atoms with E-state index >= 15 is 0 Å². The zero-order chi connectivity index (χ0) is 9.35. The SMILES string of the molecule is O=c1nc(C(F)(F)F)oc(=O)[nH]1. The normalized spacial score (nSPS) is 11.6. The Hall–Kier alpha value is -1.60. The molecule has 0 aliphatic rings. The number of aromatic nitrogens is 2. The molecule has 0 saturated carbocycles. The number of nitrogens with zero attached hydrogens (tertiary/aromatic N) is 1. The molecule has 1 aromatic heterocycles. The van der Waals surface area contributed by atoms with Gasteiger partial charge in [-0.25, -0.2) is 14.6 Å². The minimum atomic E-state index is -4.92. The van der Waals surface area contributed by atoms with E-state index < -0.39 is 23.5 Å². The Kier molecular flexibility index (Phi) is 1.75. The standard InChI is InChI=1S/C4HF3N2O3/c5-4(6,7)1-8-2(10)9-3(11)12-1/h(H,9,10,11). The van der Waals surface area contributed by atoms with Crippen molar-refractivity contribution in [3.8, 4) is 0 Å². The topological polar surface area (TPSA) is 76.0 Å². The van der Waals surface area contributed by atoms with Crippen molar-refractivity contribution < 1.29 is 17.6 Å². The molecule has 0 unspecified atom stereocenters. The van der Waals surface area contributed by atoms with E-state index in [1.807, 2.05) is 0 Å². The lowest BCUT2D eigenvalue weighted by molar-refractivity contribution is -0.160. The van der Waals surface area contributed by atoms with Crippen molar-refractivity contribution in [3.63, 3.8) is 0 Å². The maximum absolute atomic E-state index is 11.7. The van der Waals surface area contributed by atoms with Gasteiger partial charge in [0.25, 0.3) is 0 Å². The van der Waals surface area contributed by atoms with Gasteiger partial charge in [0.1, 0.15) is 0 Å². The number of hydrogen-bond acceptors (Lipinski definition) is 4. The van der Waals surface area contributed by atoms with Crippen LogP contribution in [0.25, 0.3) is 0 Å². The molecule has 0 saturated heterocycles. The first kappa shape index (κ1) is 8.50. The number of aromatic amines is 1. The number of rotatable bonds is 0. The molecule has 66 valence electrons. The summed E-state index contributed by atoms with van der Waals surface area (Å²) in [5.41, 5.74) is -1.39. The molecule has 1 heterocycles. The highest BCUT2D eigenvalue weighted by Gasteiger charge is 2.37. The van der Waals surface area contributed by atoms with Crippen LogP contribution in [0.2, 0.25) is 0 Å². The largest absolute Gasteiger partial charge is 0.469 e. The lowest BCUT2D eigenvalue weighted by atomic mass is 10.6. The molecule has 8 heteroatoms. The van der Waals surface area contributed by atoms with Gasteiger partial charge >= 0.3 is 23.5 Å². The van der Waals surface area contributed by atoms with E-state index in [0.717, 1.165) is 0 Å². The van der Waals surface area contributed by atoms with Crippen LogP contribution in [0.5, 0.6) is 0 Å². The van der Waals surface area contributed by atoms with Gasteiger partial charge in [-0.3, -0.25) is 0 Å². The highest BCUT2D eigenvalue weighted by Crippen LogP contribution is 2.25. The van der Waals surface area contributed by atoms with Crippen molar-refractivity contribution in [1.82, 2.24) is 9.97 Å². The molecule has 12 heavy (non-hydrogen) atoms. The molecule has 1 N–H and O–H groups in total. The van der Waals surface area contributed by atoms with Gasteiger partial charge in [0.05, 0.1) is 0 Å². The van der Waals surface area contributed by atoms with E-state index in [0.29, 0.717) is 0 Å². The molecule has 0 spiro atoms. The van der Waals surface area contributed by atoms with Crippen LogP contribution < -0.4 is 11.4 Å². The van der Waals surface area contributed by atoms with Crippen LogP contribution in [-0.4, -0.2) is 9.97 Å². The highest BCUT2D eigenvalue weighted by molar-refractivity contribution is 4.81. The first-order valence-electron chi connectivity index (χ1n) is 2.58. The van der Waals surface area contributed by atoms with Crippen LogP contribution in [0.4, 0.5) is 13.2 Å². The summed E-state index contributed by atoms with van der Waals surface area (Å²) in [6.07, 6.45) is -4.92. The average molecular weight is 182 g/mol. The second-order valence-corrected chi connectivity index (χ2v) is 1.73. The minimum Gasteiger partial charge on any atom is -0.385 e. The molecule has 1 rings (SSSR count). The van der Waals surface area contributed by atoms with E-state index in [1.54, 1.807) is 0 Å². The molecular weight excluding hydrogens is 181 g/mol. The molecule has 1 aromatic rings. The van der Waals surface area contributed by atoms with E-state index in [-0.39, 0.29) is 0 Å². The van der Waals surface area contributed by atoms with Gasteiger partial charge in [0.2, 0.25) is 0 Å². The Morgan fingerprint density at radius 2 is 1.92 bits per heavy atom. The van der Waals surface area contributed by atoms with Crippen molar-refractivity contribution in [3.05, 3.63) is 26.9 Å². The zero-order valence-electron chi connectivity index (χ0n) is 5.31. The van der Waals surface area contributed by atoms with Gasteiger partial charge in [-0.1, -0.05) is 0 Å². The second kappa shape index (κ2) is 2.47. The lowest BCUT2D eigenvalue weighted by Gasteiger charge is -1.99. The fourth-order valence-electron chi connectivity index (χ4n) is 0.465. The maximum atomic E-state index is 11.7. The minimum absolute atomic E-state index is 1.39. The number of hydrogen-bond donors (Lipinski definition) is 1. The third-order valence-electron chi connectivity index (χ3n) is 0.844. The molecule has 0 bridgehead atoms. The van der Waals surface area contributed by atoms with Crippen LogP contribution in [0, 0.1) is 0 Å². The zero-order valence-corrected chi connectivity index (χ0v) is 5.31. The summed E-state index contributed by atoms with van der Waals surface area (Å²) in [5.74, 6) is -3.33. The Bertz CT molecular complexity index is 361. The Balaban J connectivity index is 3.37. The number of alkyl halides is 3. The summed E-state index contributed by atoms with van der Waals surface area (Å²) in [7, 11) is 0. The van der Waals surface area contributed by atoms with E-state index in [9.17, 15) is 22.8 Å². The Morgan fingerprint density at radius 3 is 2.33 bits per heavy atom. The molecule has 0 fully saturated rings. The maximum Gasteiger partial charge on any atom is 0.469 e. The predicted molar refractivity (Wildman–Crippen MR) is 28.4 cm³/mol. The van der Waals surface area contributed by atoms with E-state index in [1.165, 1.54) is 4.98 Å². The first-order chi connectivity index (χ1) is 5.39. The predicted octanol–water partition coefficient (Wildman–Crippen LogP) is -0.258. The molecule has 0 atom stereocenters. The smallest absolute Gasteiger partial charge is 0.385 e. The van der Waals surface area contributed by atoms with Crippen molar-refractivity contribution >= 4 is 0 Å². The Morgan fingerprint density at radius 1 is 1.33 bits per heavy atom. The number of halogens is 3. The van der Waals surface area contributed by atoms with Crippen LogP contribution in [0.15, 0.2) is 14.0 Å². The molecular formula is C4HF3N2O3. The molecule has 5 nitrogen and oxygen atoms in total. The summed E-state index contributed by atoms with van der Waals surface area (Å²) in [6.45, 7) is 0. The summed E-state index contributed by atoms with van der Waals surface area (Å²) in [6, 6.07) is 0. The fourth-order valence-corrected chi connectivity index (χ4v) is 0.465. The van der Waals surface area contributed by atoms with Gasteiger partial charge in [0, 0.05) is 0 Å². The number of H-pyrrole nitrogens is 1.